The molecule has 2 nitrogen and oxygen atoms in total. The fraction of sp³-hybridized carbons (Fsp3) is 0.364. The maximum absolute atomic E-state index is 12.8. The zero-order chi connectivity index (χ0) is 13.9. The third-order valence-electron chi connectivity index (χ3n) is 2.27. The van der Waals surface area contributed by atoms with E-state index in [1.165, 1.54) is 6.07 Å². The average Bonchev–Trinajstić information content (AvgIpc) is 2.26. The van der Waals surface area contributed by atoms with E-state index in [-0.39, 0.29) is 10.7 Å². The Morgan fingerprint density at radius 1 is 1.44 bits per heavy atom. The lowest BCUT2D eigenvalue weighted by molar-refractivity contribution is -0.117. The summed E-state index contributed by atoms with van der Waals surface area (Å²) in [4.78, 5) is 0.0119. The predicted molar refractivity (Wildman–Crippen MR) is 66.5 cm³/mol. The smallest absolute Gasteiger partial charge is 0.324 e. The van der Waals surface area contributed by atoms with Crippen molar-refractivity contribution in [3.63, 3.8) is 0 Å². The summed E-state index contributed by atoms with van der Waals surface area (Å²) >= 11 is 4.75. The van der Waals surface area contributed by atoms with Gasteiger partial charge in [-0.15, -0.1) is 0 Å². The normalized spacial score (nSPS) is 11.7. The fourth-order valence-corrected chi connectivity index (χ4v) is 1.49. The summed E-state index contributed by atoms with van der Waals surface area (Å²) < 4.78 is 49.6. The van der Waals surface area contributed by atoms with E-state index in [4.69, 9.17) is 18.0 Å². The molecule has 0 aromatic heterocycles. The van der Waals surface area contributed by atoms with Gasteiger partial charge in [-0.05, 0) is 24.6 Å². The van der Waals surface area contributed by atoms with Crippen molar-refractivity contribution in [3.05, 3.63) is 29.3 Å². The molecule has 1 aromatic rings. The molecule has 0 amide bonds. The highest BCUT2D eigenvalue weighted by atomic mass is 32.1. The Bertz CT molecular complexity index is 449. The van der Waals surface area contributed by atoms with Gasteiger partial charge in [-0.1, -0.05) is 18.3 Å². The first-order chi connectivity index (χ1) is 8.24. The third-order valence-corrected chi connectivity index (χ3v) is 2.49. The molecule has 0 aliphatic carbocycles. The molecule has 0 atom stereocenters. The molecule has 0 fully saturated rings. The number of benzene rings is 1. The minimum Gasteiger partial charge on any atom is -0.389 e. The van der Waals surface area contributed by atoms with E-state index >= 15 is 0 Å². The van der Waals surface area contributed by atoms with E-state index in [2.05, 4.69) is 5.32 Å². The second-order valence-electron chi connectivity index (χ2n) is 3.83. The van der Waals surface area contributed by atoms with Crippen LogP contribution in [0.1, 0.15) is 11.1 Å². The molecule has 1 aromatic carbocycles. The quantitative estimate of drug-likeness (QED) is 0.643. The number of aryl methyl sites for hydroxylation is 1. The number of alkyl halides is 4. The molecule has 0 unspecified atom stereocenters. The summed E-state index contributed by atoms with van der Waals surface area (Å²) in [5.74, 6) is -4.10. The summed E-state index contributed by atoms with van der Waals surface area (Å²) in [6, 6.07) is 4.78. The molecule has 0 saturated carbocycles. The number of anilines is 1. The highest BCUT2D eigenvalue weighted by molar-refractivity contribution is 7.80. The molecule has 100 valence electrons. The van der Waals surface area contributed by atoms with Crippen LogP contribution in [0.5, 0.6) is 0 Å². The van der Waals surface area contributed by atoms with Crippen molar-refractivity contribution < 1.29 is 17.6 Å². The number of rotatable bonds is 5. The summed E-state index contributed by atoms with van der Waals surface area (Å²) in [7, 11) is 0. The fourth-order valence-electron chi connectivity index (χ4n) is 1.31. The monoisotopic (exact) mass is 280 g/mol. The molecule has 1 rings (SSSR count). The predicted octanol–water partition coefficient (Wildman–Crippen LogP) is 2.94. The lowest BCUT2D eigenvalue weighted by Crippen LogP contribution is -2.35. The van der Waals surface area contributed by atoms with Crippen LogP contribution in [0, 0.1) is 6.92 Å². The van der Waals surface area contributed by atoms with E-state index in [9.17, 15) is 17.6 Å². The Morgan fingerprint density at radius 3 is 2.56 bits per heavy atom. The average molecular weight is 280 g/mol. The minimum atomic E-state index is -4.10. The van der Waals surface area contributed by atoms with Crippen LogP contribution >= 0.6 is 12.2 Å². The Labute approximate surface area is 107 Å². The second kappa shape index (κ2) is 5.51. The van der Waals surface area contributed by atoms with E-state index in [1.54, 1.807) is 19.1 Å². The highest BCUT2D eigenvalue weighted by Gasteiger charge is 2.40. The van der Waals surface area contributed by atoms with Crippen LogP contribution in [0.4, 0.5) is 23.2 Å². The molecule has 0 heterocycles. The summed E-state index contributed by atoms with van der Waals surface area (Å²) in [6.45, 7) is 0.559. The maximum Gasteiger partial charge on any atom is 0.324 e. The Balaban J connectivity index is 2.90. The first kappa shape index (κ1) is 14.7. The number of nitrogens with two attached hydrogens (primary N) is 1. The van der Waals surface area contributed by atoms with Gasteiger partial charge < -0.3 is 11.1 Å². The van der Waals surface area contributed by atoms with Gasteiger partial charge in [0.2, 0.25) is 0 Å². The van der Waals surface area contributed by atoms with Gasteiger partial charge >= 0.3 is 12.3 Å². The van der Waals surface area contributed by atoms with Gasteiger partial charge in [-0.2, -0.15) is 8.78 Å². The zero-order valence-corrected chi connectivity index (χ0v) is 10.3. The van der Waals surface area contributed by atoms with Gasteiger partial charge in [0.15, 0.2) is 0 Å². The van der Waals surface area contributed by atoms with Crippen molar-refractivity contribution in [2.24, 2.45) is 5.73 Å². The molecule has 0 saturated heterocycles. The Hall–Kier alpha value is -1.37. The number of halogens is 4. The number of hydrogen-bond donors (Lipinski definition) is 2. The molecular formula is C11H12F4N2S. The summed E-state index contributed by atoms with van der Waals surface area (Å²) in [5.41, 5.74) is 6.77. The molecule has 0 bridgehead atoms. The van der Waals surface area contributed by atoms with Gasteiger partial charge in [0, 0.05) is 11.3 Å². The van der Waals surface area contributed by atoms with Gasteiger partial charge in [0.25, 0.3) is 0 Å². The first-order valence-electron chi connectivity index (χ1n) is 5.04. The standard InChI is InChI=1S/C11H12F4N2S/c1-6-2-3-7(9(16)18)8(4-6)17-5-11(14,15)10(12)13/h2-4,10,17H,5H2,1H3,(H2,16,18). The van der Waals surface area contributed by atoms with Gasteiger partial charge in [-0.25, -0.2) is 8.78 Å². The van der Waals surface area contributed by atoms with Crippen molar-refractivity contribution in [3.8, 4) is 0 Å². The number of thiocarbonyl (C=S) groups is 1. The largest absolute Gasteiger partial charge is 0.389 e. The molecule has 0 aliphatic heterocycles. The number of nitrogens with one attached hydrogen (secondary N) is 1. The van der Waals surface area contributed by atoms with Crippen molar-refractivity contribution in [2.45, 2.75) is 19.3 Å². The van der Waals surface area contributed by atoms with Gasteiger partial charge in [0.05, 0.1) is 6.54 Å². The first-order valence-corrected chi connectivity index (χ1v) is 5.45. The maximum atomic E-state index is 12.8. The second-order valence-corrected chi connectivity index (χ2v) is 4.27. The minimum absolute atomic E-state index is 0.0119. The highest BCUT2D eigenvalue weighted by Crippen LogP contribution is 2.25. The van der Waals surface area contributed by atoms with E-state index in [0.717, 1.165) is 5.56 Å². The Morgan fingerprint density at radius 2 is 2.06 bits per heavy atom. The zero-order valence-electron chi connectivity index (χ0n) is 9.51. The molecule has 7 heteroatoms. The van der Waals surface area contributed by atoms with E-state index in [1.807, 2.05) is 0 Å². The number of hydrogen-bond acceptors (Lipinski definition) is 2. The van der Waals surface area contributed by atoms with Gasteiger partial charge in [0.1, 0.15) is 4.99 Å². The summed E-state index contributed by atoms with van der Waals surface area (Å²) in [6.07, 6.45) is -3.72. The van der Waals surface area contributed by atoms with Gasteiger partial charge in [-0.3, -0.25) is 0 Å². The van der Waals surface area contributed by atoms with Crippen LogP contribution in [-0.2, 0) is 0 Å². The molecule has 0 radical (unpaired) electrons. The van der Waals surface area contributed by atoms with Crippen molar-refractivity contribution in [1.29, 1.82) is 0 Å². The topological polar surface area (TPSA) is 38.0 Å². The van der Waals surface area contributed by atoms with Crippen molar-refractivity contribution in [1.82, 2.24) is 0 Å². The molecule has 18 heavy (non-hydrogen) atoms. The van der Waals surface area contributed by atoms with Crippen LogP contribution < -0.4 is 11.1 Å². The lowest BCUT2D eigenvalue weighted by atomic mass is 10.1. The SMILES string of the molecule is Cc1ccc(C(N)=S)c(NCC(F)(F)C(F)F)c1. The molecule has 0 spiro atoms. The molecule has 3 N–H and O–H groups in total. The van der Waals surface area contributed by atoms with Crippen LogP contribution in [0.25, 0.3) is 0 Å². The van der Waals surface area contributed by atoms with E-state index < -0.39 is 18.9 Å². The van der Waals surface area contributed by atoms with Crippen LogP contribution in [-0.4, -0.2) is 23.9 Å². The van der Waals surface area contributed by atoms with Crippen LogP contribution in [0.3, 0.4) is 0 Å². The lowest BCUT2D eigenvalue weighted by Gasteiger charge is -2.18. The molecular weight excluding hydrogens is 268 g/mol. The van der Waals surface area contributed by atoms with Crippen LogP contribution in [0.2, 0.25) is 0 Å². The Kier molecular flexibility index (Phi) is 4.50. The van der Waals surface area contributed by atoms with Crippen molar-refractivity contribution >= 4 is 22.9 Å². The van der Waals surface area contributed by atoms with Crippen molar-refractivity contribution in [2.75, 3.05) is 11.9 Å². The third kappa shape index (κ3) is 3.56. The molecule has 0 aliphatic rings. The van der Waals surface area contributed by atoms with E-state index in [0.29, 0.717) is 5.56 Å². The summed E-state index contributed by atoms with van der Waals surface area (Å²) in [5, 5.41) is 2.26. The van der Waals surface area contributed by atoms with Crippen LogP contribution in [0.15, 0.2) is 18.2 Å².